The van der Waals surface area contributed by atoms with Crippen LogP contribution in [-0.2, 0) is 20.6 Å². The standard InChI is InChI=1S/C22H21N3O3S2/c26-22-4-2-14-25(22)19-7-11-21(12-8-19)30(27,28)24-18-5-9-20(10-6-18)29-16-17-3-1-13-23-15-17/h1,3,5-13,15,24H,2,4,14,16H2. The Bertz CT molecular complexity index is 1120. The summed E-state index contributed by atoms with van der Waals surface area (Å²) in [4.78, 5) is 18.8. The monoisotopic (exact) mass is 439 g/mol. The number of rotatable bonds is 7. The molecule has 0 saturated carbocycles. The van der Waals surface area contributed by atoms with Crippen molar-refractivity contribution < 1.29 is 13.2 Å². The van der Waals surface area contributed by atoms with Crippen molar-refractivity contribution in [2.45, 2.75) is 28.4 Å². The topological polar surface area (TPSA) is 79.4 Å². The van der Waals surface area contributed by atoms with Gasteiger partial charge in [0.1, 0.15) is 0 Å². The zero-order valence-corrected chi connectivity index (χ0v) is 17.8. The third-order valence-electron chi connectivity index (χ3n) is 4.77. The number of nitrogens with zero attached hydrogens (tertiary/aromatic N) is 2. The van der Waals surface area contributed by atoms with Crippen molar-refractivity contribution in [2.75, 3.05) is 16.2 Å². The van der Waals surface area contributed by atoms with Crippen LogP contribution in [0.4, 0.5) is 11.4 Å². The van der Waals surface area contributed by atoms with E-state index in [0.717, 1.165) is 28.3 Å². The van der Waals surface area contributed by atoms with E-state index in [9.17, 15) is 13.2 Å². The molecule has 3 aromatic rings. The molecule has 0 unspecified atom stereocenters. The van der Waals surface area contributed by atoms with Crippen molar-refractivity contribution in [2.24, 2.45) is 0 Å². The van der Waals surface area contributed by atoms with Crippen LogP contribution in [0.25, 0.3) is 0 Å². The van der Waals surface area contributed by atoms with Crippen molar-refractivity contribution in [3.63, 3.8) is 0 Å². The molecule has 30 heavy (non-hydrogen) atoms. The van der Waals surface area contributed by atoms with Gasteiger partial charge in [0.15, 0.2) is 0 Å². The highest BCUT2D eigenvalue weighted by molar-refractivity contribution is 7.98. The number of pyridine rings is 1. The summed E-state index contributed by atoms with van der Waals surface area (Å²) in [5.41, 5.74) is 2.36. The maximum atomic E-state index is 12.7. The first-order valence-corrected chi connectivity index (χ1v) is 12.0. The number of benzene rings is 2. The van der Waals surface area contributed by atoms with E-state index in [0.29, 0.717) is 18.7 Å². The first-order chi connectivity index (χ1) is 14.5. The second-order valence-electron chi connectivity index (χ2n) is 6.92. The Hall–Kier alpha value is -2.84. The molecule has 0 spiro atoms. The predicted octanol–water partition coefficient (Wildman–Crippen LogP) is 4.30. The molecule has 1 N–H and O–H groups in total. The summed E-state index contributed by atoms with van der Waals surface area (Å²) in [6.07, 6.45) is 4.95. The van der Waals surface area contributed by atoms with Gasteiger partial charge in [0.2, 0.25) is 5.91 Å². The van der Waals surface area contributed by atoms with E-state index in [1.54, 1.807) is 47.1 Å². The molecule has 8 heteroatoms. The van der Waals surface area contributed by atoms with Crippen LogP contribution in [0.1, 0.15) is 18.4 Å². The maximum absolute atomic E-state index is 12.7. The van der Waals surface area contributed by atoms with Crippen LogP contribution in [0.3, 0.4) is 0 Å². The number of sulfonamides is 1. The van der Waals surface area contributed by atoms with Gasteiger partial charge in [0.05, 0.1) is 4.90 Å². The van der Waals surface area contributed by atoms with E-state index in [2.05, 4.69) is 9.71 Å². The molecule has 0 atom stereocenters. The average molecular weight is 440 g/mol. The minimum atomic E-state index is -3.70. The van der Waals surface area contributed by atoms with Gasteiger partial charge in [-0.15, -0.1) is 11.8 Å². The quantitative estimate of drug-likeness (QED) is 0.555. The van der Waals surface area contributed by atoms with Gasteiger partial charge < -0.3 is 4.90 Å². The number of nitrogens with one attached hydrogen (secondary N) is 1. The smallest absolute Gasteiger partial charge is 0.261 e. The summed E-state index contributed by atoms with van der Waals surface area (Å²) >= 11 is 1.66. The summed E-state index contributed by atoms with van der Waals surface area (Å²) in [7, 11) is -3.70. The van der Waals surface area contributed by atoms with Crippen LogP contribution in [-0.4, -0.2) is 25.9 Å². The van der Waals surface area contributed by atoms with Gasteiger partial charge in [0, 0.05) is 47.4 Å². The van der Waals surface area contributed by atoms with E-state index in [-0.39, 0.29) is 10.8 Å². The predicted molar refractivity (Wildman–Crippen MR) is 119 cm³/mol. The normalized spacial score (nSPS) is 14.1. The molecule has 1 aliphatic heterocycles. The molecule has 2 aromatic carbocycles. The van der Waals surface area contributed by atoms with Gasteiger partial charge in [-0.3, -0.25) is 14.5 Å². The summed E-state index contributed by atoms with van der Waals surface area (Å²) in [5.74, 6) is 0.871. The second kappa shape index (κ2) is 8.89. The minimum Gasteiger partial charge on any atom is -0.312 e. The molecule has 6 nitrogen and oxygen atoms in total. The van der Waals surface area contributed by atoms with Gasteiger partial charge in [-0.1, -0.05) is 6.07 Å². The molecule has 1 aromatic heterocycles. The molecule has 2 heterocycles. The Kier molecular flexibility index (Phi) is 6.06. The zero-order chi connectivity index (χ0) is 21.0. The Morgan fingerprint density at radius 3 is 2.43 bits per heavy atom. The Morgan fingerprint density at radius 1 is 1.03 bits per heavy atom. The molecule has 1 amide bonds. The van der Waals surface area contributed by atoms with Crippen LogP contribution in [0.2, 0.25) is 0 Å². The fraction of sp³-hybridized carbons (Fsp3) is 0.182. The van der Waals surface area contributed by atoms with Gasteiger partial charge >= 0.3 is 0 Å². The molecule has 4 rings (SSSR count). The SMILES string of the molecule is O=C1CCCN1c1ccc(S(=O)(=O)Nc2ccc(SCc3cccnc3)cc2)cc1. The van der Waals surface area contributed by atoms with Gasteiger partial charge in [-0.25, -0.2) is 8.42 Å². The highest BCUT2D eigenvalue weighted by Gasteiger charge is 2.22. The van der Waals surface area contributed by atoms with Crippen LogP contribution in [0.5, 0.6) is 0 Å². The van der Waals surface area contributed by atoms with Crippen LogP contribution in [0.15, 0.2) is 82.8 Å². The number of hydrogen-bond donors (Lipinski definition) is 1. The van der Waals surface area contributed by atoms with E-state index in [4.69, 9.17) is 0 Å². The number of carbonyl (C=O) groups is 1. The van der Waals surface area contributed by atoms with Crippen molar-refractivity contribution in [3.05, 3.63) is 78.6 Å². The largest absolute Gasteiger partial charge is 0.312 e. The lowest BCUT2D eigenvalue weighted by Gasteiger charge is -2.16. The van der Waals surface area contributed by atoms with E-state index in [1.807, 2.05) is 30.5 Å². The highest BCUT2D eigenvalue weighted by Crippen LogP contribution is 2.26. The van der Waals surface area contributed by atoms with E-state index >= 15 is 0 Å². The molecule has 1 fully saturated rings. The molecule has 154 valence electrons. The molecular formula is C22H21N3O3S2. The van der Waals surface area contributed by atoms with Crippen LogP contribution in [0, 0.1) is 0 Å². The summed E-state index contributed by atoms with van der Waals surface area (Å²) in [6.45, 7) is 0.675. The van der Waals surface area contributed by atoms with Gasteiger partial charge in [-0.2, -0.15) is 0 Å². The third-order valence-corrected chi connectivity index (χ3v) is 7.25. The Morgan fingerprint density at radius 2 is 1.80 bits per heavy atom. The number of thioether (sulfide) groups is 1. The lowest BCUT2D eigenvalue weighted by atomic mass is 10.3. The van der Waals surface area contributed by atoms with Crippen molar-refractivity contribution in [3.8, 4) is 0 Å². The van der Waals surface area contributed by atoms with Gasteiger partial charge in [0.25, 0.3) is 10.0 Å². The van der Waals surface area contributed by atoms with Crippen LogP contribution < -0.4 is 9.62 Å². The van der Waals surface area contributed by atoms with E-state index < -0.39 is 10.0 Å². The molecule has 1 saturated heterocycles. The van der Waals surface area contributed by atoms with Crippen molar-refractivity contribution in [1.82, 2.24) is 4.98 Å². The Balaban J connectivity index is 1.39. The van der Waals surface area contributed by atoms with Gasteiger partial charge in [-0.05, 0) is 66.6 Å². The first kappa shape index (κ1) is 20.4. The number of amides is 1. The maximum Gasteiger partial charge on any atom is 0.261 e. The lowest BCUT2D eigenvalue weighted by Crippen LogP contribution is -2.23. The zero-order valence-electron chi connectivity index (χ0n) is 16.2. The van der Waals surface area contributed by atoms with Crippen molar-refractivity contribution >= 4 is 39.1 Å². The second-order valence-corrected chi connectivity index (χ2v) is 9.65. The third kappa shape index (κ3) is 4.83. The van der Waals surface area contributed by atoms with Crippen LogP contribution >= 0.6 is 11.8 Å². The lowest BCUT2D eigenvalue weighted by molar-refractivity contribution is -0.117. The van der Waals surface area contributed by atoms with Crippen molar-refractivity contribution in [1.29, 1.82) is 0 Å². The molecule has 1 aliphatic rings. The molecule has 0 radical (unpaired) electrons. The summed E-state index contributed by atoms with van der Waals surface area (Å²) < 4.78 is 28.0. The van der Waals surface area contributed by atoms with E-state index in [1.165, 1.54) is 12.1 Å². The summed E-state index contributed by atoms with van der Waals surface area (Å²) in [6, 6.07) is 17.6. The fourth-order valence-electron chi connectivity index (χ4n) is 3.21. The number of anilines is 2. The number of hydrogen-bond acceptors (Lipinski definition) is 5. The summed E-state index contributed by atoms with van der Waals surface area (Å²) in [5, 5.41) is 0. The Labute approximate surface area is 180 Å². The first-order valence-electron chi connectivity index (χ1n) is 9.56. The molecule has 0 aliphatic carbocycles. The minimum absolute atomic E-state index is 0.0743. The number of carbonyl (C=O) groups excluding carboxylic acids is 1. The molecular weight excluding hydrogens is 418 g/mol. The fourth-order valence-corrected chi connectivity index (χ4v) is 5.10. The average Bonchev–Trinajstić information content (AvgIpc) is 3.20. The highest BCUT2D eigenvalue weighted by atomic mass is 32.2. The number of aromatic nitrogens is 1. The molecule has 0 bridgehead atoms.